The standard InChI is InChI=1S/C19H23FO8/c1-11(21)25-17-16(20)15(10-24-9-14-7-5-4-6-8-14)28-19(27-13(3)23)18(17)26-12(2)22/h4-8,15-19H,9-10H2,1-3H3/t15-,16+,17+,18-,19?/m1/s1. The molecule has 8 nitrogen and oxygen atoms in total. The predicted octanol–water partition coefficient (Wildman–Crippen LogP) is 1.69. The van der Waals surface area contributed by atoms with Gasteiger partial charge in [-0.25, -0.2) is 4.39 Å². The highest BCUT2D eigenvalue weighted by molar-refractivity contribution is 5.68. The Morgan fingerprint density at radius 1 is 0.929 bits per heavy atom. The van der Waals surface area contributed by atoms with Crippen LogP contribution < -0.4 is 0 Å². The molecule has 1 aliphatic heterocycles. The fraction of sp³-hybridized carbons (Fsp3) is 0.526. The molecule has 0 aromatic heterocycles. The van der Waals surface area contributed by atoms with Crippen LogP contribution in [0.5, 0.6) is 0 Å². The Bertz CT molecular complexity index is 680. The molecular formula is C19H23FO8. The van der Waals surface area contributed by atoms with Crippen molar-refractivity contribution in [1.29, 1.82) is 0 Å². The first-order valence-electron chi connectivity index (χ1n) is 8.70. The molecular weight excluding hydrogens is 375 g/mol. The monoisotopic (exact) mass is 398 g/mol. The summed E-state index contributed by atoms with van der Waals surface area (Å²) in [4.78, 5) is 34.2. The lowest BCUT2D eigenvalue weighted by molar-refractivity contribution is -0.290. The van der Waals surface area contributed by atoms with Crippen molar-refractivity contribution in [3.8, 4) is 0 Å². The van der Waals surface area contributed by atoms with Gasteiger partial charge in [0.25, 0.3) is 0 Å². The summed E-state index contributed by atoms with van der Waals surface area (Å²) in [5, 5.41) is 0. The minimum absolute atomic E-state index is 0.196. The van der Waals surface area contributed by atoms with Gasteiger partial charge in [-0.1, -0.05) is 30.3 Å². The molecule has 1 aromatic rings. The van der Waals surface area contributed by atoms with Gasteiger partial charge in [-0.15, -0.1) is 0 Å². The van der Waals surface area contributed by atoms with E-state index in [1.54, 1.807) is 0 Å². The summed E-state index contributed by atoms with van der Waals surface area (Å²) in [6.45, 7) is 3.32. The fourth-order valence-corrected chi connectivity index (χ4v) is 2.77. The molecule has 1 unspecified atom stereocenters. The van der Waals surface area contributed by atoms with E-state index in [0.29, 0.717) is 0 Å². The maximum atomic E-state index is 15.0. The van der Waals surface area contributed by atoms with Gasteiger partial charge in [0.1, 0.15) is 6.10 Å². The Morgan fingerprint density at radius 3 is 2.07 bits per heavy atom. The van der Waals surface area contributed by atoms with E-state index in [0.717, 1.165) is 26.3 Å². The van der Waals surface area contributed by atoms with Gasteiger partial charge in [-0.05, 0) is 5.56 Å². The zero-order valence-corrected chi connectivity index (χ0v) is 15.8. The topological polar surface area (TPSA) is 97.4 Å². The lowest BCUT2D eigenvalue weighted by Gasteiger charge is -2.41. The molecule has 1 fully saturated rings. The van der Waals surface area contributed by atoms with Crippen molar-refractivity contribution in [2.24, 2.45) is 0 Å². The third-order valence-corrected chi connectivity index (χ3v) is 3.85. The molecule has 1 saturated heterocycles. The first kappa shape index (κ1) is 21.8. The number of alkyl halides is 1. The Balaban J connectivity index is 2.13. The quantitative estimate of drug-likeness (QED) is 0.506. The van der Waals surface area contributed by atoms with Crippen molar-refractivity contribution >= 4 is 17.9 Å². The van der Waals surface area contributed by atoms with Crippen LogP contribution in [0.15, 0.2) is 30.3 Å². The first-order chi connectivity index (χ1) is 13.3. The molecule has 0 radical (unpaired) electrons. The molecule has 28 heavy (non-hydrogen) atoms. The lowest BCUT2D eigenvalue weighted by Crippen LogP contribution is -2.60. The second-order valence-electron chi connectivity index (χ2n) is 6.25. The van der Waals surface area contributed by atoms with Gasteiger partial charge in [0.15, 0.2) is 12.3 Å². The van der Waals surface area contributed by atoms with Crippen molar-refractivity contribution in [3.05, 3.63) is 35.9 Å². The summed E-state index contributed by atoms with van der Waals surface area (Å²) >= 11 is 0. The third-order valence-electron chi connectivity index (χ3n) is 3.85. The molecule has 0 aliphatic carbocycles. The first-order valence-corrected chi connectivity index (χ1v) is 8.70. The normalized spacial score (nSPS) is 26.9. The van der Waals surface area contributed by atoms with E-state index in [9.17, 15) is 18.8 Å². The van der Waals surface area contributed by atoms with E-state index in [1.165, 1.54) is 0 Å². The van der Waals surface area contributed by atoms with Crippen LogP contribution in [-0.2, 0) is 44.7 Å². The van der Waals surface area contributed by atoms with Gasteiger partial charge in [-0.3, -0.25) is 14.4 Å². The number of rotatable bonds is 7. The SMILES string of the molecule is CC(=O)OC1O[C@H](COCc2ccccc2)[C@H](F)[C@H](OC(C)=O)[C@H]1OC(C)=O. The summed E-state index contributed by atoms with van der Waals surface area (Å²) in [7, 11) is 0. The maximum Gasteiger partial charge on any atom is 0.305 e. The van der Waals surface area contributed by atoms with E-state index >= 15 is 0 Å². The number of hydrogen-bond donors (Lipinski definition) is 0. The molecule has 1 aromatic carbocycles. The minimum atomic E-state index is -1.86. The molecule has 154 valence electrons. The van der Waals surface area contributed by atoms with E-state index < -0.39 is 48.7 Å². The second-order valence-corrected chi connectivity index (χ2v) is 6.25. The Kier molecular flexibility index (Phi) is 7.89. The second kappa shape index (κ2) is 10.1. The number of carbonyl (C=O) groups is 3. The van der Waals surface area contributed by atoms with Crippen molar-refractivity contribution in [3.63, 3.8) is 0 Å². The van der Waals surface area contributed by atoms with Crippen molar-refractivity contribution in [2.45, 2.75) is 58.2 Å². The van der Waals surface area contributed by atoms with Gasteiger partial charge in [0.2, 0.25) is 12.4 Å². The summed E-state index contributed by atoms with van der Waals surface area (Å²) < 4.78 is 41.0. The van der Waals surface area contributed by atoms with Crippen molar-refractivity contribution in [2.75, 3.05) is 6.61 Å². The van der Waals surface area contributed by atoms with Crippen LogP contribution >= 0.6 is 0 Å². The molecule has 0 bridgehead atoms. The zero-order chi connectivity index (χ0) is 20.7. The molecule has 1 heterocycles. The highest BCUT2D eigenvalue weighted by atomic mass is 19.1. The smallest absolute Gasteiger partial charge is 0.305 e. The van der Waals surface area contributed by atoms with Crippen LogP contribution in [0.4, 0.5) is 4.39 Å². The summed E-state index contributed by atoms with van der Waals surface area (Å²) in [5.74, 6) is -2.28. The summed E-state index contributed by atoms with van der Waals surface area (Å²) in [6, 6.07) is 9.22. The van der Waals surface area contributed by atoms with Crippen LogP contribution in [0.25, 0.3) is 0 Å². The van der Waals surface area contributed by atoms with Crippen LogP contribution in [0, 0.1) is 0 Å². The van der Waals surface area contributed by atoms with Crippen LogP contribution in [-0.4, -0.2) is 55.3 Å². The molecule has 0 N–H and O–H groups in total. The highest BCUT2D eigenvalue weighted by Crippen LogP contribution is 2.29. The molecule has 9 heteroatoms. The van der Waals surface area contributed by atoms with E-state index in [4.69, 9.17) is 23.7 Å². The highest BCUT2D eigenvalue weighted by Gasteiger charge is 2.52. The minimum Gasteiger partial charge on any atom is -0.455 e. The average molecular weight is 398 g/mol. The fourth-order valence-electron chi connectivity index (χ4n) is 2.77. The third kappa shape index (κ3) is 6.28. The lowest BCUT2D eigenvalue weighted by atomic mass is 10.00. The van der Waals surface area contributed by atoms with E-state index in [1.807, 2.05) is 30.3 Å². The molecule has 0 spiro atoms. The maximum absolute atomic E-state index is 15.0. The number of hydrogen-bond acceptors (Lipinski definition) is 8. The summed E-state index contributed by atoms with van der Waals surface area (Å²) in [5.41, 5.74) is 0.875. The molecule has 2 rings (SSSR count). The van der Waals surface area contributed by atoms with Crippen LogP contribution in [0.1, 0.15) is 26.3 Å². The summed E-state index contributed by atoms with van der Waals surface area (Å²) in [6.07, 6.45) is -7.46. The van der Waals surface area contributed by atoms with E-state index in [2.05, 4.69) is 0 Å². The number of ether oxygens (including phenoxy) is 5. The Hall–Kier alpha value is -2.52. The van der Waals surface area contributed by atoms with Gasteiger partial charge in [0.05, 0.1) is 13.2 Å². The number of halogens is 1. The number of benzene rings is 1. The largest absolute Gasteiger partial charge is 0.455 e. The Morgan fingerprint density at radius 2 is 1.50 bits per heavy atom. The van der Waals surface area contributed by atoms with Crippen LogP contribution in [0.2, 0.25) is 0 Å². The van der Waals surface area contributed by atoms with Gasteiger partial charge >= 0.3 is 17.9 Å². The van der Waals surface area contributed by atoms with Crippen molar-refractivity contribution in [1.82, 2.24) is 0 Å². The Labute approximate surface area is 161 Å². The van der Waals surface area contributed by atoms with Gasteiger partial charge < -0.3 is 23.7 Å². The van der Waals surface area contributed by atoms with E-state index in [-0.39, 0.29) is 13.2 Å². The molecule has 5 atom stereocenters. The molecule has 0 amide bonds. The van der Waals surface area contributed by atoms with Gasteiger partial charge in [-0.2, -0.15) is 0 Å². The zero-order valence-electron chi connectivity index (χ0n) is 15.8. The molecule has 0 saturated carbocycles. The average Bonchev–Trinajstić information content (AvgIpc) is 2.61. The predicted molar refractivity (Wildman–Crippen MR) is 92.5 cm³/mol. The number of carbonyl (C=O) groups excluding carboxylic acids is 3. The number of esters is 3. The van der Waals surface area contributed by atoms with Gasteiger partial charge in [0, 0.05) is 20.8 Å². The molecule has 1 aliphatic rings. The van der Waals surface area contributed by atoms with Crippen molar-refractivity contribution < 1.29 is 42.5 Å². The van der Waals surface area contributed by atoms with Crippen LogP contribution in [0.3, 0.4) is 0 Å².